The predicted octanol–water partition coefficient (Wildman–Crippen LogP) is 2.83. The lowest BCUT2D eigenvalue weighted by Crippen LogP contribution is -2.41. The summed E-state index contributed by atoms with van der Waals surface area (Å²) in [7, 11) is 1.75. The normalized spacial score (nSPS) is 18.1. The molecule has 1 saturated carbocycles. The molecule has 0 saturated heterocycles. The first-order valence-electron chi connectivity index (χ1n) is 6.71. The number of aliphatic hydroxyl groups is 1. The average molecular weight is 279 g/mol. The number of carbonyl (C=O) groups excluding carboxylic acids is 1. The van der Waals surface area contributed by atoms with Crippen molar-refractivity contribution >= 4 is 23.3 Å². The zero-order valence-electron chi connectivity index (χ0n) is 11.6. The molecule has 104 valence electrons. The summed E-state index contributed by atoms with van der Waals surface area (Å²) < 4.78 is 0. The third kappa shape index (κ3) is 3.91. The largest absolute Gasteiger partial charge is 0.388 e. The third-order valence-corrected chi connectivity index (χ3v) is 4.56. The van der Waals surface area contributed by atoms with Gasteiger partial charge in [0.05, 0.1) is 5.60 Å². The lowest BCUT2D eigenvalue weighted by atomic mass is 10.0. The molecular formula is C15H21NO2S. The van der Waals surface area contributed by atoms with Crippen LogP contribution < -0.4 is 0 Å². The number of amides is 1. The lowest BCUT2D eigenvalue weighted by Gasteiger charge is -2.27. The number of hydrogen-bond donors (Lipinski definition) is 1. The average Bonchev–Trinajstić information content (AvgIpc) is 2.95. The Morgan fingerprint density at radius 1 is 1.47 bits per heavy atom. The number of likely N-dealkylation sites (N-methyl/N-ethyl adjacent to an activating group) is 1. The first-order valence-corrected chi connectivity index (χ1v) is 7.52. The van der Waals surface area contributed by atoms with E-state index in [2.05, 4.69) is 0 Å². The van der Waals surface area contributed by atoms with Gasteiger partial charge in [-0.2, -0.15) is 0 Å². The second-order valence-corrected chi connectivity index (χ2v) is 6.73. The standard InChI is InChI=1S/C15H21NO2S/c1-12-5-6-13(19-12)7-8-14(17)16(2)11-15(18)9-3-4-10-15/h5-8,18H,3-4,9-11H2,1-2H3/b8-7+. The van der Waals surface area contributed by atoms with Gasteiger partial charge in [0.1, 0.15) is 0 Å². The zero-order chi connectivity index (χ0) is 13.9. The van der Waals surface area contributed by atoms with E-state index >= 15 is 0 Å². The quantitative estimate of drug-likeness (QED) is 0.861. The number of carbonyl (C=O) groups is 1. The van der Waals surface area contributed by atoms with Gasteiger partial charge in [0.15, 0.2) is 0 Å². The molecule has 2 rings (SSSR count). The molecule has 1 amide bonds. The molecule has 1 aliphatic rings. The zero-order valence-corrected chi connectivity index (χ0v) is 12.4. The minimum Gasteiger partial charge on any atom is -0.388 e. The number of rotatable bonds is 4. The maximum Gasteiger partial charge on any atom is 0.246 e. The molecule has 0 aliphatic heterocycles. The molecule has 4 heteroatoms. The Morgan fingerprint density at radius 2 is 2.16 bits per heavy atom. The van der Waals surface area contributed by atoms with E-state index < -0.39 is 5.60 Å². The second-order valence-electron chi connectivity index (χ2n) is 5.41. The van der Waals surface area contributed by atoms with Crippen molar-refractivity contribution in [3.63, 3.8) is 0 Å². The van der Waals surface area contributed by atoms with Crippen LogP contribution in [0.25, 0.3) is 6.08 Å². The highest BCUT2D eigenvalue weighted by atomic mass is 32.1. The summed E-state index contributed by atoms with van der Waals surface area (Å²) in [5, 5.41) is 10.3. The van der Waals surface area contributed by atoms with E-state index in [1.807, 2.05) is 25.1 Å². The second kappa shape index (κ2) is 5.88. The first kappa shape index (κ1) is 14.3. The van der Waals surface area contributed by atoms with E-state index in [9.17, 15) is 9.90 Å². The Kier molecular flexibility index (Phi) is 4.42. The van der Waals surface area contributed by atoms with Crippen LogP contribution in [0.1, 0.15) is 35.4 Å². The predicted molar refractivity (Wildman–Crippen MR) is 79.1 cm³/mol. The van der Waals surface area contributed by atoms with Crippen LogP contribution in [-0.2, 0) is 4.79 Å². The fourth-order valence-corrected chi connectivity index (χ4v) is 3.31. The van der Waals surface area contributed by atoms with Crippen LogP contribution in [0.3, 0.4) is 0 Å². The van der Waals surface area contributed by atoms with E-state index in [0.717, 1.165) is 30.6 Å². The fraction of sp³-hybridized carbons (Fsp3) is 0.533. The van der Waals surface area contributed by atoms with Crippen LogP contribution >= 0.6 is 11.3 Å². The number of nitrogens with zero attached hydrogens (tertiary/aromatic N) is 1. The lowest BCUT2D eigenvalue weighted by molar-refractivity contribution is -0.127. The molecular weight excluding hydrogens is 258 g/mol. The van der Waals surface area contributed by atoms with Crippen LogP contribution in [0.5, 0.6) is 0 Å². The topological polar surface area (TPSA) is 40.5 Å². The van der Waals surface area contributed by atoms with Gasteiger partial charge in [-0.3, -0.25) is 4.79 Å². The highest BCUT2D eigenvalue weighted by Crippen LogP contribution is 2.30. The maximum absolute atomic E-state index is 12.0. The molecule has 0 bridgehead atoms. The number of aryl methyl sites for hydroxylation is 1. The van der Waals surface area contributed by atoms with Crippen molar-refractivity contribution in [2.45, 2.75) is 38.2 Å². The van der Waals surface area contributed by atoms with Crippen LogP contribution in [0, 0.1) is 6.92 Å². The van der Waals surface area contributed by atoms with Gasteiger partial charge in [-0.25, -0.2) is 0 Å². The van der Waals surface area contributed by atoms with Crippen molar-refractivity contribution in [3.8, 4) is 0 Å². The molecule has 0 aromatic carbocycles. The Labute approximate surface area is 118 Å². The molecule has 0 spiro atoms. The summed E-state index contributed by atoms with van der Waals surface area (Å²) in [4.78, 5) is 15.9. The smallest absolute Gasteiger partial charge is 0.246 e. The first-order chi connectivity index (χ1) is 8.98. The molecule has 0 radical (unpaired) electrons. The Balaban J connectivity index is 1.90. The number of hydrogen-bond acceptors (Lipinski definition) is 3. The molecule has 1 N–H and O–H groups in total. The van der Waals surface area contributed by atoms with E-state index in [4.69, 9.17) is 0 Å². The van der Waals surface area contributed by atoms with Gasteiger partial charge in [-0.1, -0.05) is 12.8 Å². The van der Waals surface area contributed by atoms with Gasteiger partial charge in [0.25, 0.3) is 0 Å². The summed E-state index contributed by atoms with van der Waals surface area (Å²) >= 11 is 1.67. The highest BCUT2D eigenvalue weighted by molar-refractivity contribution is 7.12. The summed E-state index contributed by atoms with van der Waals surface area (Å²) in [6.45, 7) is 2.48. The fourth-order valence-electron chi connectivity index (χ4n) is 2.53. The molecule has 0 atom stereocenters. The van der Waals surface area contributed by atoms with Crippen molar-refractivity contribution in [1.29, 1.82) is 0 Å². The van der Waals surface area contributed by atoms with Crippen LogP contribution in [-0.4, -0.2) is 35.1 Å². The molecule has 19 heavy (non-hydrogen) atoms. The monoisotopic (exact) mass is 279 g/mol. The molecule has 3 nitrogen and oxygen atoms in total. The van der Waals surface area contributed by atoms with Crippen molar-refractivity contribution in [2.75, 3.05) is 13.6 Å². The van der Waals surface area contributed by atoms with E-state index in [1.54, 1.807) is 29.4 Å². The van der Waals surface area contributed by atoms with Crippen molar-refractivity contribution in [3.05, 3.63) is 28.0 Å². The summed E-state index contributed by atoms with van der Waals surface area (Å²) in [6, 6.07) is 4.05. The minimum absolute atomic E-state index is 0.0496. The Morgan fingerprint density at radius 3 is 2.74 bits per heavy atom. The van der Waals surface area contributed by atoms with Gasteiger partial charge in [-0.15, -0.1) is 11.3 Å². The van der Waals surface area contributed by atoms with Crippen LogP contribution in [0.2, 0.25) is 0 Å². The van der Waals surface area contributed by atoms with E-state index in [1.165, 1.54) is 4.88 Å². The van der Waals surface area contributed by atoms with Gasteiger partial charge in [0.2, 0.25) is 5.91 Å². The maximum atomic E-state index is 12.0. The van der Waals surface area contributed by atoms with Gasteiger partial charge in [-0.05, 0) is 38.0 Å². The highest BCUT2D eigenvalue weighted by Gasteiger charge is 2.32. The van der Waals surface area contributed by atoms with Crippen LogP contribution in [0.15, 0.2) is 18.2 Å². The summed E-state index contributed by atoms with van der Waals surface area (Å²) in [6.07, 6.45) is 7.15. The van der Waals surface area contributed by atoms with E-state index in [0.29, 0.717) is 6.54 Å². The summed E-state index contributed by atoms with van der Waals surface area (Å²) in [5.74, 6) is -0.0496. The molecule has 1 aromatic heterocycles. The molecule has 1 fully saturated rings. The Bertz CT molecular complexity index is 472. The molecule has 1 heterocycles. The molecule has 0 unspecified atom stereocenters. The third-order valence-electron chi connectivity index (χ3n) is 3.59. The molecule has 1 aromatic rings. The Hall–Kier alpha value is -1.13. The van der Waals surface area contributed by atoms with Crippen molar-refractivity contribution in [2.24, 2.45) is 0 Å². The minimum atomic E-state index is -0.669. The molecule has 1 aliphatic carbocycles. The number of thiophene rings is 1. The van der Waals surface area contributed by atoms with Crippen LogP contribution in [0.4, 0.5) is 0 Å². The van der Waals surface area contributed by atoms with Gasteiger partial charge in [0, 0.05) is 29.4 Å². The van der Waals surface area contributed by atoms with Gasteiger partial charge < -0.3 is 10.0 Å². The van der Waals surface area contributed by atoms with E-state index in [-0.39, 0.29) is 5.91 Å². The van der Waals surface area contributed by atoms with Crippen molar-refractivity contribution in [1.82, 2.24) is 4.90 Å². The van der Waals surface area contributed by atoms with Crippen molar-refractivity contribution < 1.29 is 9.90 Å². The van der Waals surface area contributed by atoms with Gasteiger partial charge >= 0.3 is 0 Å². The summed E-state index contributed by atoms with van der Waals surface area (Å²) in [5.41, 5.74) is -0.669. The SMILES string of the molecule is Cc1ccc(/C=C/C(=O)N(C)CC2(O)CCCC2)s1.